The Balaban J connectivity index is 0.634. The van der Waals surface area contributed by atoms with Gasteiger partial charge in [0, 0.05) is 100 Å². The Morgan fingerprint density at radius 1 is 0.910 bits per heavy atom. The minimum absolute atomic E-state index is 0.00506. The summed E-state index contributed by atoms with van der Waals surface area (Å²) < 4.78 is 53.3. The third-order valence-electron chi connectivity index (χ3n) is 18.1. The number of nitrogens with one attached hydrogen (secondary N) is 1. The molecule has 6 aromatic rings. The van der Waals surface area contributed by atoms with Crippen LogP contribution in [0, 0.1) is 29.9 Å². The first-order valence-electron chi connectivity index (χ1n) is 28.0. The number of halogens is 2. The van der Waals surface area contributed by atoms with Gasteiger partial charge in [0.2, 0.25) is 11.8 Å². The molecule has 0 saturated carbocycles. The minimum Gasteiger partial charge on any atom is -0.461 e. The number of hydrogen-bond acceptors (Lipinski definition) is 14. The molecule has 78 heavy (non-hydrogen) atoms. The summed E-state index contributed by atoms with van der Waals surface area (Å²) in [5, 5.41) is 9.81. The number of aromatic nitrogens is 5. The summed E-state index contributed by atoms with van der Waals surface area (Å²) in [7, 11) is 1.91. The topological polar surface area (TPSA) is 164 Å². The van der Waals surface area contributed by atoms with Crippen LogP contribution in [0.25, 0.3) is 43.8 Å². The van der Waals surface area contributed by atoms with E-state index in [1.807, 2.05) is 22.7 Å². The summed E-state index contributed by atoms with van der Waals surface area (Å²) in [6.07, 6.45) is 14.2. The SMILES string of the molecule is C#Cc1c(F)ccc2cccc(-c3nc4c5c(nc(OC[C@@]67CCCN6[C@H](COC(=O)N6CCN(CC8CCN(c9ccc%10c(C%11CCC(=O)NC%11=O)nn(C)c%10c9)CC8)CC6)CC7)nc5c3F)N3CCCOC[C@@H]3CC4)c12. The van der Waals surface area contributed by atoms with E-state index in [1.165, 1.54) is 6.07 Å². The Hall–Kier alpha value is -7.01. The molecule has 0 radical (unpaired) electrons. The highest BCUT2D eigenvalue weighted by molar-refractivity contribution is 6.04. The molecule has 4 atom stereocenters. The summed E-state index contributed by atoms with van der Waals surface area (Å²) >= 11 is 0. The number of pyridine rings is 1. The van der Waals surface area contributed by atoms with Gasteiger partial charge in [-0.05, 0) is 106 Å². The molecule has 3 amide bonds. The molecule has 0 bridgehead atoms. The molecule has 0 aliphatic carbocycles. The molecule has 19 heteroatoms. The number of benzene rings is 3. The number of anilines is 2. The first-order chi connectivity index (χ1) is 38.0. The van der Waals surface area contributed by atoms with E-state index < -0.39 is 17.6 Å². The second kappa shape index (κ2) is 20.7. The number of carbonyl (C=O) groups excluding carboxylic acids is 3. The Labute approximate surface area is 451 Å². The second-order valence-electron chi connectivity index (χ2n) is 22.6. The van der Waals surface area contributed by atoms with Gasteiger partial charge in [0.15, 0.2) is 5.82 Å². The quantitative estimate of drug-likeness (QED) is 0.109. The fourth-order valence-electron chi connectivity index (χ4n) is 14.0. The van der Waals surface area contributed by atoms with Crippen molar-refractivity contribution in [2.45, 2.75) is 94.2 Å². The van der Waals surface area contributed by atoms with Gasteiger partial charge in [0.25, 0.3) is 0 Å². The summed E-state index contributed by atoms with van der Waals surface area (Å²) in [6, 6.07) is 14.8. The lowest BCUT2D eigenvalue weighted by Gasteiger charge is -2.39. The summed E-state index contributed by atoms with van der Waals surface area (Å²) in [5.41, 5.74) is 3.83. The van der Waals surface area contributed by atoms with Gasteiger partial charge in [-0.1, -0.05) is 30.2 Å². The van der Waals surface area contributed by atoms with Gasteiger partial charge in [0.1, 0.15) is 36.1 Å². The van der Waals surface area contributed by atoms with Crippen LogP contribution in [-0.4, -0.2) is 160 Å². The van der Waals surface area contributed by atoms with Gasteiger partial charge in [-0.25, -0.2) is 18.6 Å². The van der Waals surface area contributed by atoms with Crippen LogP contribution in [0.2, 0.25) is 0 Å². The number of imide groups is 1. The largest absolute Gasteiger partial charge is 0.461 e. The van der Waals surface area contributed by atoms with Crippen LogP contribution in [0.3, 0.4) is 0 Å². The van der Waals surface area contributed by atoms with Gasteiger partial charge in [-0.3, -0.25) is 29.4 Å². The van der Waals surface area contributed by atoms with Crippen LogP contribution in [0.5, 0.6) is 6.01 Å². The fraction of sp³-hybridized carbons (Fsp3) is 0.508. The molecule has 6 saturated heterocycles. The predicted octanol–water partition coefficient (Wildman–Crippen LogP) is 7.10. The van der Waals surface area contributed by atoms with Crippen molar-refractivity contribution in [2.24, 2.45) is 13.0 Å². The van der Waals surface area contributed by atoms with E-state index in [2.05, 4.69) is 49.0 Å². The molecule has 7 aliphatic rings. The molecule has 406 valence electrons. The highest BCUT2D eigenvalue weighted by Gasteiger charge is 2.50. The van der Waals surface area contributed by atoms with E-state index in [0.717, 1.165) is 106 Å². The van der Waals surface area contributed by atoms with Crippen molar-refractivity contribution >= 4 is 62.0 Å². The van der Waals surface area contributed by atoms with Crippen molar-refractivity contribution in [3.8, 4) is 29.6 Å². The molecular weight excluding hydrogens is 997 g/mol. The van der Waals surface area contributed by atoms with E-state index in [9.17, 15) is 14.4 Å². The van der Waals surface area contributed by atoms with Crippen LogP contribution >= 0.6 is 0 Å². The van der Waals surface area contributed by atoms with Gasteiger partial charge in [0.05, 0.1) is 52.0 Å². The average molecular weight is 1060 g/mol. The molecular formula is C59H65F2N11O6. The van der Waals surface area contributed by atoms with Crippen molar-refractivity contribution in [2.75, 3.05) is 95.1 Å². The van der Waals surface area contributed by atoms with Crippen molar-refractivity contribution in [3.63, 3.8) is 0 Å². The maximum absolute atomic E-state index is 17.4. The van der Waals surface area contributed by atoms with Crippen molar-refractivity contribution in [1.29, 1.82) is 0 Å². The summed E-state index contributed by atoms with van der Waals surface area (Å²) in [5.74, 6) is 1.52. The zero-order chi connectivity index (χ0) is 53.2. The molecule has 6 fully saturated rings. The number of carbonyl (C=O) groups is 3. The third-order valence-corrected chi connectivity index (χ3v) is 18.1. The molecule has 1 unspecified atom stereocenters. The Bertz CT molecular complexity index is 3410. The van der Waals surface area contributed by atoms with E-state index >= 15 is 8.78 Å². The fourth-order valence-corrected chi connectivity index (χ4v) is 14.0. The van der Waals surface area contributed by atoms with Crippen LogP contribution in [0.4, 0.5) is 25.1 Å². The number of fused-ring (bicyclic) bond motifs is 5. The molecule has 0 spiro atoms. The smallest absolute Gasteiger partial charge is 0.409 e. The monoisotopic (exact) mass is 1060 g/mol. The Kier molecular flexibility index (Phi) is 13.4. The van der Waals surface area contributed by atoms with Crippen molar-refractivity contribution in [3.05, 3.63) is 77.1 Å². The number of piperazine rings is 1. The number of amides is 3. The standard InChI is InChI=1S/C59H65F2N11O6/c1-3-41-45(60)14-9-37-7-4-8-43(49(37)41)53-51(61)54-50-46(62-53)15-11-39-33-76-30-6-22-71(39)55(50)65-57(64-54)78-35-59-20-5-23-72(59)40(17-21-59)34-77-58(75)70-28-26-68(27-29-70)32-36-18-24-69(25-19-36)38-10-12-42-47(31-38)67(2)66-52(42)44-13-16-48(73)63-56(44)74/h1,4,7-10,12,14,31,36,39-40,44H,5-6,11,13,15-30,32-35H2,2H3,(H,63,73,74)/t39-,40-,44?,59-/m0/s1. The first-order valence-corrected chi connectivity index (χ1v) is 28.0. The van der Waals surface area contributed by atoms with Gasteiger partial charge < -0.3 is 28.9 Å². The zero-order valence-corrected chi connectivity index (χ0v) is 44.2. The number of aryl methyl sites for hydroxylation is 2. The molecule has 17 nitrogen and oxygen atoms in total. The highest BCUT2D eigenvalue weighted by Crippen LogP contribution is 2.45. The molecule has 13 rings (SSSR count). The molecule has 3 aromatic heterocycles. The average Bonchev–Trinajstić information content (AvgIpc) is 4.13. The van der Waals surface area contributed by atoms with Crippen LogP contribution in [0.1, 0.15) is 87.1 Å². The van der Waals surface area contributed by atoms with E-state index in [1.54, 1.807) is 18.2 Å². The lowest BCUT2D eigenvalue weighted by Crippen LogP contribution is -2.51. The Morgan fingerprint density at radius 3 is 2.60 bits per heavy atom. The molecule has 10 heterocycles. The predicted molar refractivity (Wildman–Crippen MR) is 290 cm³/mol. The number of rotatable bonds is 10. The van der Waals surface area contributed by atoms with Crippen LogP contribution < -0.4 is 19.9 Å². The highest BCUT2D eigenvalue weighted by atomic mass is 19.1. The lowest BCUT2D eigenvalue weighted by molar-refractivity contribution is -0.134. The van der Waals surface area contributed by atoms with Gasteiger partial charge in [-0.2, -0.15) is 15.1 Å². The third kappa shape index (κ3) is 9.12. The van der Waals surface area contributed by atoms with Gasteiger partial charge >= 0.3 is 12.1 Å². The normalized spacial score (nSPS) is 24.3. The number of piperidine rings is 2. The number of nitrogens with zero attached hydrogens (tertiary/aromatic N) is 10. The minimum atomic E-state index is -0.642. The molecule has 3 aromatic carbocycles. The maximum atomic E-state index is 17.4. The second-order valence-corrected chi connectivity index (χ2v) is 22.6. The number of terminal acetylenes is 1. The zero-order valence-electron chi connectivity index (χ0n) is 44.2. The van der Waals surface area contributed by atoms with E-state index in [4.69, 9.17) is 40.7 Å². The summed E-state index contributed by atoms with van der Waals surface area (Å²) in [6.45, 7) is 9.03. The summed E-state index contributed by atoms with van der Waals surface area (Å²) in [4.78, 5) is 64.4. The number of ether oxygens (including phenoxy) is 3. The Morgan fingerprint density at radius 2 is 1.77 bits per heavy atom. The van der Waals surface area contributed by atoms with Gasteiger partial charge in [-0.15, -0.1) is 6.42 Å². The lowest BCUT2D eigenvalue weighted by atomic mass is 9.92. The van der Waals surface area contributed by atoms with Crippen molar-refractivity contribution in [1.82, 2.24) is 44.7 Å². The first kappa shape index (κ1) is 50.5. The van der Waals surface area contributed by atoms with Crippen LogP contribution in [-0.2, 0) is 32.5 Å². The van der Waals surface area contributed by atoms with E-state index in [0.29, 0.717) is 111 Å². The maximum Gasteiger partial charge on any atom is 0.409 e. The molecule has 1 N–H and O–H groups in total. The van der Waals surface area contributed by atoms with Crippen LogP contribution in [0.15, 0.2) is 48.5 Å². The molecule has 7 aliphatic heterocycles. The van der Waals surface area contributed by atoms with E-state index in [-0.39, 0.29) is 58.3 Å². The van der Waals surface area contributed by atoms with Crippen molar-refractivity contribution < 1.29 is 37.4 Å². The number of hydrogen-bond donors (Lipinski definition) is 1.